The molecular formula is C25H24ClN3O7. The zero-order chi connectivity index (χ0) is 26.2. The van der Waals surface area contributed by atoms with Gasteiger partial charge in [-0.05, 0) is 30.7 Å². The number of amides is 2. The fourth-order valence-electron chi connectivity index (χ4n) is 4.37. The molecule has 2 atom stereocenters. The number of nitrogens with two attached hydrogens (primary N) is 1. The van der Waals surface area contributed by atoms with Crippen LogP contribution in [0.25, 0.3) is 0 Å². The van der Waals surface area contributed by atoms with Gasteiger partial charge in [0.05, 0.1) is 20.8 Å². The maximum Gasteiger partial charge on any atom is 0.248 e. The van der Waals surface area contributed by atoms with Gasteiger partial charge in [0.25, 0.3) is 0 Å². The molecule has 2 amide bonds. The van der Waals surface area contributed by atoms with E-state index >= 15 is 0 Å². The van der Waals surface area contributed by atoms with Crippen LogP contribution in [-0.4, -0.2) is 49.7 Å². The van der Waals surface area contributed by atoms with Gasteiger partial charge in [-0.25, -0.2) is 0 Å². The van der Waals surface area contributed by atoms with Crippen molar-refractivity contribution in [2.24, 2.45) is 11.7 Å². The minimum absolute atomic E-state index is 0.0459. The zero-order valence-corrected chi connectivity index (χ0v) is 20.5. The number of anilines is 1. The van der Waals surface area contributed by atoms with Crippen molar-refractivity contribution in [3.63, 3.8) is 0 Å². The van der Waals surface area contributed by atoms with Crippen LogP contribution < -0.4 is 30.6 Å². The van der Waals surface area contributed by atoms with Crippen LogP contribution in [0.3, 0.4) is 0 Å². The van der Waals surface area contributed by atoms with E-state index in [-0.39, 0.29) is 46.7 Å². The van der Waals surface area contributed by atoms with Crippen LogP contribution in [0.5, 0.6) is 17.2 Å². The number of methoxy groups -OCH3 is 2. The molecule has 2 aromatic rings. The first kappa shape index (κ1) is 25.1. The van der Waals surface area contributed by atoms with Crippen molar-refractivity contribution in [1.29, 1.82) is 0 Å². The molecule has 0 radical (unpaired) electrons. The van der Waals surface area contributed by atoms with E-state index in [9.17, 15) is 19.2 Å². The number of hydrogen-bond acceptors (Lipinski definition) is 8. The number of carbonyl (C=O) groups excluding carboxylic acids is 4. The van der Waals surface area contributed by atoms with Gasteiger partial charge in [-0.2, -0.15) is 0 Å². The molecule has 1 aliphatic heterocycles. The van der Waals surface area contributed by atoms with Gasteiger partial charge in [0.15, 0.2) is 5.75 Å². The minimum Gasteiger partial charge on any atom is -0.496 e. The number of primary amides is 1. The summed E-state index contributed by atoms with van der Waals surface area (Å²) < 4.78 is 16.6. The van der Waals surface area contributed by atoms with Gasteiger partial charge in [0, 0.05) is 35.0 Å². The predicted molar refractivity (Wildman–Crippen MR) is 131 cm³/mol. The largest absolute Gasteiger partial charge is 0.496 e. The summed E-state index contributed by atoms with van der Waals surface area (Å²) in [6.07, 6.45) is 1.54. The van der Waals surface area contributed by atoms with Crippen molar-refractivity contribution in [3.8, 4) is 17.2 Å². The Kier molecular flexibility index (Phi) is 6.64. The first-order valence-corrected chi connectivity index (χ1v) is 11.4. The molecule has 1 aliphatic carbocycles. The first-order valence-electron chi connectivity index (χ1n) is 11.0. The van der Waals surface area contributed by atoms with Crippen molar-refractivity contribution >= 4 is 40.7 Å². The SMILES string of the molecule is COc1cc(OC)c2c(c1Cl)O[C@@]1(C(=O)C=C(NCC(=O)Nc3ccc(C(N)=O)cc3)C[C@H]1C)C2=O. The second-order valence-corrected chi connectivity index (χ2v) is 8.83. The highest BCUT2D eigenvalue weighted by Crippen LogP contribution is 2.52. The highest BCUT2D eigenvalue weighted by Gasteiger charge is 2.60. The number of allylic oxidation sites excluding steroid dienone is 1. The van der Waals surface area contributed by atoms with Crippen molar-refractivity contribution in [1.82, 2.24) is 5.32 Å². The summed E-state index contributed by atoms with van der Waals surface area (Å²) in [7, 11) is 2.81. The zero-order valence-electron chi connectivity index (χ0n) is 19.8. The van der Waals surface area contributed by atoms with Gasteiger partial charge >= 0.3 is 0 Å². The minimum atomic E-state index is -1.79. The molecule has 0 unspecified atom stereocenters. The van der Waals surface area contributed by atoms with Gasteiger partial charge in [0.1, 0.15) is 22.1 Å². The molecule has 188 valence electrons. The summed E-state index contributed by atoms with van der Waals surface area (Å²) in [6.45, 7) is 1.59. The Labute approximate surface area is 211 Å². The number of ether oxygens (including phenoxy) is 3. The third-order valence-corrected chi connectivity index (χ3v) is 6.60. The monoisotopic (exact) mass is 513 g/mol. The Hall–Kier alpha value is -4.05. The molecule has 4 rings (SSSR count). The Morgan fingerprint density at radius 2 is 1.83 bits per heavy atom. The van der Waals surface area contributed by atoms with E-state index in [1.54, 1.807) is 19.1 Å². The number of ketones is 2. The molecule has 0 saturated heterocycles. The molecule has 11 heteroatoms. The third-order valence-electron chi connectivity index (χ3n) is 6.24. The molecule has 0 saturated carbocycles. The van der Waals surface area contributed by atoms with Crippen LogP contribution in [0.4, 0.5) is 5.69 Å². The first-order chi connectivity index (χ1) is 17.1. The molecule has 1 heterocycles. The summed E-state index contributed by atoms with van der Waals surface area (Å²) in [5.74, 6) is -2.12. The van der Waals surface area contributed by atoms with E-state index in [0.717, 1.165) is 0 Å². The van der Waals surface area contributed by atoms with Gasteiger partial charge in [-0.3, -0.25) is 19.2 Å². The Bertz CT molecular complexity index is 1310. The van der Waals surface area contributed by atoms with Crippen LogP contribution in [0, 0.1) is 5.92 Å². The second-order valence-electron chi connectivity index (χ2n) is 8.45. The number of benzene rings is 2. The lowest BCUT2D eigenvalue weighted by atomic mass is 9.74. The highest BCUT2D eigenvalue weighted by molar-refractivity contribution is 6.36. The molecule has 36 heavy (non-hydrogen) atoms. The van der Waals surface area contributed by atoms with Crippen LogP contribution in [0.15, 0.2) is 42.1 Å². The van der Waals surface area contributed by atoms with Crippen LogP contribution in [-0.2, 0) is 9.59 Å². The molecule has 2 aliphatic rings. The Balaban J connectivity index is 1.49. The summed E-state index contributed by atoms with van der Waals surface area (Å²) in [5, 5.41) is 5.70. The predicted octanol–water partition coefficient (Wildman–Crippen LogP) is 2.49. The summed E-state index contributed by atoms with van der Waals surface area (Å²) in [4.78, 5) is 50.3. The smallest absolute Gasteiger partial charge is 0.248 e. The fourth-order valence-corrected chi connectivity index (χ4v) is 4.63. The van der Waals surface area contributed by atoms with E-state index in [0.29, 0.717) is 16.9 Å². The Morgan fingerprint density at radius 3 is 2.42 bits per heavy atom. The van der Waals surface area contributed by atoms with E-state index in [1.807, 2.05) is 0 Å². The molecule has 0 aromatic heterocycles. The molecule has 1 spiro atoms. The average Bonchev–Trinajstić information content (AvgIpc) is 3.17. The van der Waals surface area contributed by atoms with Crippen molar-refractivity contribution in [3.05, 3.63) is 58.3 Å². The van der Waals surface area contributed by atoms with E-state index < -0.39 is 29.0 Å². The number of rotatable bonds is 7. The number of hydrogen-bond donors (Lipinski definition) is 3. The maximum absolute atomic E-state index is 13.5. The number of nitrogens with one attached hydrogen (secondary N) is 2. The molecular weight excluding hydrogens is 490 g/mol. The van der Waals surface area contributed by atoms with Gasteiger partial charge in [0.2, 0.25) is 29.0 Å². The topological polar surface area (TPSA) is 146 Å². The lowest BCUT2D eigenvalue weighted by Crippen LogP contribution is -2.55. The summed E-state index contributed by atoms with van der Waals surface area (Å²) in [6, 6.07) is 7.59. The lowest BCUT2D eigenvalue weighted by molar-refractivity contribution is -0.129. The van der Waals surface area contributed by atoms with Crippen LogP contribution in [0.2, 0.25) is 5.02 Å². The van der Waals surface area contributed by atoms with E-state index in [4.69, 9.17) is 31.5 Å². The van der Waals surface area contributed by atoms with Gasteiger partial charge < -0.3 is 30.6 Å². The number of halogens is 1. The Morgan fingerprint density at radius 1 is 1.17 bits per heavy atom. The quantitative estimate of drug-likeness (QED) is 0.479. The third kappa shape index (κ3) is 4.13. The molecule has 4 N–H and O–H groups in total. The lowest BCUT2D eigenvalue weighted by Gasteiger charge is -2.35. The second kappa shape index (κ2) is 9.54. The normalized spacial score (nSPS) is 20.3. The van der Waals surface area contributed by atoms with E-state index in [2.05, 4.69) is 10.6 Å². The van der Waals surface area contributed by atoms with Crippen molar-refractivity contribution in [2.45, 2.75) is 18.9 Å². The van der Waals surface area contributed by atoms with Crippen molar-refractivity contribution < 1.29 is 33.4 Å². The van der Waals surface area contributed by atoms with Crippen LogP contribution >= 0.6 is 11.6 Å². The van der Waals surface area contributed by atoms with E-state index in [1.165, 1.54) is 38.5 Å². The maximum atomic E-state index is 13.5. The number of carbonyl (C=O) groups is 4. The fraction of sp³-hybridized carbons (Fsp3) is 0.280. The number of fused-ring (bicyclic) bond motifs is 1. The summed E-state index contributed by atoms with van der Waals surface area (Å²) >= 11 is 6.39. The van der Waals surface area contributed by atoms with Crippen molar-refractivity contribution in [2.75, 3.05) is 26.1 Å². The molecule has 0 fully saturated rings. The molecule has 0 bridgehead atoms. The van der Waals surface area contributed by atoms with Gasteiger partial charge in [-0.15, -0.1) is 0 Å². The standard InChI is InChI=1S/C25H24ClN3O7/c1-12-8-15(28-11-19(31)29-14-6-4-13(5-7-14)24(27)33)9-18(30)25(12)23(32)20-16(34-2)10-17(35-3)21(26)22(20)36-25/h4-7,9-10,12,28H,8,11H2,1-3H3,(H2,27,33)(H,29,31)/t12-,25+/m1/s1. The molecule has 10 nitrogen and oxygen atoms in total. The summed E-state index contributed by atoms with van der Waals surface area (Å²) in [5.41, 5.74) is 4.80. The van der Waals surface area contributed by atoms with Gasteiger partial charge in [-0.1, -0.05) is 18.5 Å². The highest BCUT2D eigenvalue weighted by atomic mass is 35.5. The van der Waals surface area contributed by atoms with Crippen LogP contribution in [0.1, 0.15) is 34.1 Å². The molecule has 2 aromatic carbocycles. The number of Topliss-reactive ketones (excluding diaryl/α,β-unsaturated/α-hetero) is 1. The average molecular weight is 514 g/mol.